The van der Waals surface area contributed by atoms with Crippen LogP contribution < -0.4 is 9.80 Å². The van der Waals surface area contributed by atoms with Crippen molar-refractivity contribution in [1.82, 2.24) is 14.8 Å². The minimum Gasteiger partial charge on any atom is -0.355 e. The zero-order valence-electron chi connectivity index (χ0n) is 8.45. The molecule has 2 rings (SSSR count). The zero-order valence-corrected chi connectivity index (χ0v) is 8.45. The van der Waals surface area contributed by atoms with Gasteiger partial charge in [-0.25, -0.2) is 4.98 Å². The van der Waals surface area contributed by atoms with E-state index in [1.54, 1.807) is 19.3 Å². The lowest BCUT2D eigenvalue weighted by atomic mass is 10.2. The summed E-state index contributed by atoms with van der Waals surface area (Å²) in [7, 11) is 3.76. The number of carbonyl (C=O) groups is 1. The van der Waals surface area contributed by atoms with Crippen molar-refractivity contribution >= 4 is 11.7 Å². The van der Waals surface area contributed by atoms with Gasteiger partial charge in [0.1, 0.15) is 13.1 Å². The van der Waals surface area contributed by atoms with Crippen molar-refractivity contribution in [3.63, 3.8) is 0 Å². The number of hydrogen-bond donors (Lipinski definition) is 1. The maximum absolute atomic E-state index is 11.4. The lowest BCUT2D eigenvalue weighted by Gasteiger charge is -2.09. The number of hydrogen-bond acceptors (Lipinski definition) is 2. The standard InChI is InChI=1S/C10H13N3O/c1-11-10(14)8-3-4-12-9(7-8)13(2)5-6-13/h3-4,7H,5-6H2,1-2H3/p+1. The molecule has 1 aliphatic rings. The zero-order chi connectivity index (χ0) is 10.2. The third-order valence-electron chi connectivity index (χ3n) is 2.68. The van der Waals surface area contributed by atoms with E-state index in [1.165, 1.54) is 0 Å². The van der Waals surface area contributed by atoms with Crippen LogP contribution in [0.15, 0.2) is 18.3 Å². The molecule has 0 aromatic carbocycles. The summed E-state index contributed by atoms with van der Waals surface area (Å²) < 4.78 is 0.852. The van der Waals surface area contributed by atoms with E-state index in [2.05, 4.69) is 17.3 Å². The molecule has 1 fully saturated rings. The molecule has 1 aromatic rings. The minimum atomic E-state index is -0.0536. The maximum Gasteiger partial charge on any atom is 0.251 e. The molecule has 1 amide bonds. The summed E-state index contributed by atoms with van der Waals surface area (Å²) in [6.07, 6.45) is 1.70. The van der Waals surface area contributed by atoms with Crippen LogP contribution in [0.25, 0.3) is 0 Å². The third-order valence-corrected chi connectivity index (χ3v) is 2.68. The number of nitrogens with zero attached hydrogens (tertiary/aromatic N) is 2. The Kier molecular flexibility index (Phi) is 2.00. The third kappa shape index (κ3) is 1.48. The van der Waals surface area contributed by atoms with Gasteiger partial charge in [0.2, 0.25) is 5.82 Å². The second kappa shape index (κ2) is 3.06. The summed E-state index contributed by atoms with van der Waals surface area (Å²) in [6, 6.07) is 3.60. The van der Waals surface area contributed by atoms with Gasteiger partial charge in [-0.2, -0.15) is 0 Å². The maximum atomic E-state index is 11.4. The van der Waals surface area contributed by atoms with E-state index in [0.717, 1.165) is 23.4 Å². The highest BCUT2D eigenvalue weighted by molar-refractivity contribution is 5.94. The van der Waals surface area contributed by atoms with Crippen LogP contribution in [-0.4, -0.2) is 38.1 Å². The number of amides is 1. The molecule has 0 spiro atoms. The summed E-state index contributed by atoms with van der Waals surface area (Å²) in [5, 5.41) is 2.61. The van der Waals surface area contributed by atoms with Gasteiger partial charge >= 0.3 is 0 Å². The van der Waals surface area contributed by atoms with Crippen LogP contribution in [0, 0.1) is 0 Å². The van der Waals surface area contributed by atoms with E-state index >= 15 is 0 Å². The van der Waals surface area contributed by atoms with E-state index in [-0.39, 0.29) is 5.91 Å². The number of aromatic nitrogens is 1. The topological polar surface area (TPSA) is 42.0 Å². The molecule has 0 atom stereocenters. The predicted octanol–water partition coefficient (Wildman–Crippen LogP) is 0.392. The molecule has 14 heavy (non-hydrogen) atoms. The molecule has 1 aliphatic heterocycles. The van der Waals surface area contributed by atoms with Crippen LogP contribution in [0.1, 0.15) is 10.4 Å². The number of nitrogens with one attached hydrogen (secondary N) is 1. The molecule has 74 valence electrons. The summed E-state index contributed by atoms with van der Waals surface area (Å²) in [5.74, 6) is 0.924. The molecule has 4 nitrogen and oxygen atoms in total. The fraction of sp³-hybridized carbons (Fsp3) is 0.400. The number of likely N-dealkylation sites (N-methyl/N-ethyl adjacent to an activating group) is 1. The van der Waals surface area contributed by atoms with Crippen molar-refractivity contribution in [2.24, 2.45) is 0 Å². The lowest BCUT2D eigenvalue weighted by molar-refractivity contribution is 0.0963. The first-order chi connectivity index (χ1) is 6.65. The number of pyridine rings is 1. The second-order valence-corrected chi connectivity index (χ2v) is 3.82. The Morgan fingerprint density at radius 3 is 2.86 bits per heavy atom. The smallest absolute Gasteiger partial charge is 0.251 e. The van der Waals surface area contributed by atoms with Crippen LogP contribution >= 0.6 is 0 Å². The van der Waals surface area contributed by atoms with E-state index in [9.17, 15) is 4.79 Å². The van der Waals surface area contributed by atoms with Gasteiger partial charge in [0, 0.05) is 24.9 Å². The molecular weight excluding hydrogens is 178 g/mol. The fourth-order valence-electron chi connectivity index (χ4n) is 1.38. The monoisotopic (exact) mass is 192 g/mol. The molecule has 1 saturated heterocycles. The highest BCUT2D eigenvalue weighted by Gasteiger charge is 2.41. The lowest BCUT2D eigenvalue weighted by Crippen LogP contribution is -2.22. The van der Waals surface area contributed by atoms with E-state index in [4.69, 9.17) is 0 Å². The largest absolute Gasteiger partial charge is 0.355 e. The molecule has 1 N–H and O–H groups in total. The second-order valence-electron chi connectivity index (χ2n) is 3.82. The van der Waals surface area contributed by atoms with Gasteiger partial charge in [-0.05, 0) is 6.07 Å². The van der Waals surface area contributed by atoms with Crippen molar-refractivity contribution < 1.29 is 4.79 Å². The molecule has 4 heteroatoms. The van der Waals surface area contributed by atoms with Gasteiger partial charge in [-0.3, -0.25) is 9.28 Å². The molecule has 0 radical (unpaired) electrons. The van der Waals surface area contributed by atoms with Crippen molar-refractivity contribution in [1.29, 1.82) is 0 Å². The average Bonchev–Trinajstić information content (AvgIpc) is 2.97. The van der Waals surface area contributed by atoms with Crippen LogP contribution in [0.2, 0.25) is 0 Å². The van der Waals surface area contributed by atoms with Crippen molar-refractivity contribution in [2.75, 3.05) is 27.2 Å². The molecule has 0 saturated carbocycles. The van der Waals surface area contributed by atoms with Crippen molar-refractivity contribution in [3.8, 4) is 0 Å². The van der Waals surface area contributed by atoms with Gasteiger partial charge in [-0.15, -0.1) is 0 Å². The number of carbonyl (C=O) groups excluding carboxylic acids is 1. The molecule has 0 unspecified atom stereocenters. The first kappa shape index (κ1) is 9.15. The Balaban J connectivity index is 2.32. The molecular formula is C10H14N3O+. The van der Waals surface area contributed by atoms with Gasteiger partial charge < -0.3 is 5.32 Å². The first-order valence-electron chi connectivity index (χ1n) is 4.69. The van der Waals surface area contributed by atoms with Crippen LogP contribution in [0.4, 0.5) is 5.82 Å². The van der Waals surface area contributed by atoms with Crippen molar-refractivity contribution in [2.45, 2.75) is 0 Å². The van der Waals surface area contributed by atoms with E-state index in [1.807, 2.05) is 6.07 Å². The SMILES string of the molecule is CNC(=O)c1ccnc([N+]2(C)CC2)c1. The Hall–Kier alpha value is -1.42. The predicted molar refractivity (Wildman–Crippen MR) is 55.1 cm³/mol. The molecule has 2 heterocycles. The van der Waals surface area contributed by atoms with Crippen LogP contribution in [0.3, 0.4) is 0 Å². The van der Waals surface area contributed by atoms with Gasteiger partial charge in [0.05, 0.1) is 7.05 Å². The Morgan fingerprint density at radius 2 is 2.29 bits per heavy atom. The highest BCUT2D eigenvalue weighted by atomic mass is 16.1. The Bertz CT molecular complexity index is 371. The summed E-state index contributed by atoms with van der Waals surface area (Å²) in [6.45, 7) is 2.23. The summed E-state index contributed by atoms with van der Waals surface area (Å²) in [5.41, 5.74) is 0.684. The van der Waals surface area contributed by atoms with E-state index < -0.39 is 0 Å². The first-order valence-corrected chi connectivity index (χ1v) is 4.69. The minimum absolute atomic E-state index is 0.0536. The quantitative estimate of drug-likeness (QED) is 0.544. The average molecular weight is 192 g/mol. The van der Waals surface area contributed by atoms with Crippen molar-refractivity contribution in [3.05, 3.63) is 23.9 Å². The van der Waals surface area contributed by atoms with Gasteiger partial charge in [0.15, 0.2) is 0 Å². The molecule has 0 bridgehead atoms. The Labute approximate surface area is 83.2 Å². The summed E-state index contributed by atoms with van der Waals surface area (Å²) >= 11 is 0. The molecule has 1 aromatic heterocycles. The number of quaternary nitrogens is 1. The van der Waals surface area contributed by atoms with Crippen LogP contribution in [0.5, 0.6) is 0 Å². The molecule has 0 aliphatic carbocycles. The normalized spacial score (nSPS) is 17.6. The fourth-order valence-corrected chi connectivity index (χ4v) is 1.38. The highest BCUT2D eigenvalue weighted by Crippen LogP contribution is 2.27. The van der Waals surface area contributed by atoms with Gasteiger partial charge in [-0.1, -0.05) is 0 Å². The summed E-state index contributed by atoms with van der Waals surface area (Å²) in [4.78, 5) is 15.6. The van der Waals surface area contributed by atoms with Gasteiger partial charge in [0.25, 0.3) is 5.91 Å². The number of rotatable bonds is 2. The Morgan fingerprint density at radius 1 is 1.57 bits per heavy atom. The van der Waals surface area contributed by atoms with E-state index in [0.29, 0.717) is 5.56 Å². The van der Waals surface area contributed by atoms with Crippen LogP contribution in [-0.2, 0) is 0 Å².